The number of nitrogens with two attached hydrogens (primary N) is 2. The van der Waals surface area contributed by atoms with Crippen LogP contribution in [0.15, 0.2) is 25.0 Å². The Morgan fingerprint density at radius 3 is 1.80 bits per heavy atom. The Bertz CT molecular complexity index is 1010. The van der Waals surface area contributed by atoms with E-state index in [1.54, 1.807) is 0 Å². The van der Waals surface area contributed by atoms with Crippen LogP contribution in [0, 0.1) is 0 Å². The molecule has 2 heterocycles. The van der Waals surface area contributed by atoms with E-state index in [9.17, 15) is 34.2 Å². The van der Waals surface area contributed by atoms with Gasteiger partial charge in [0.05, 0.1) is 31.7 Å². The SMILES string of the molecule is NC(=O)CC(N)C(=O)NC(CO)C(=O)NC(Cc1cnc[nH]1)C(=O)NC(Cc1cnc[nH]1)C(=O)O. The minimum Gasteiger partial charge on any atom is -0.480 e. The second-order valence-corrected chi connectivity index (χ2v) is 7.54. The van der Waals surface area contributed by atoms with Crippen molar-refractivity contribution in [3.05, 3.63) is 36.4 Å². The molecule has 190 valence electrons. The van der Waals surface area contributed by atoms with Crippen LogP contribution in [0.25, 0.3) is 0 Å². The largest absolute Gasteiger partial charge is 0.480 e. The lowest BCUT2D eigenvalue weighted by atomic mass is 10.1. The zero-order chi connectivity index (χ0) is 26.0. The van der Waals surface area contributed by atoms with E-state index in [2.05, 4.69) is 35.9 Å². The molecule has 0 radical (unpaired) electrons. The molecule has 0 aromatic carbocycles. The number of hydrogen-bond donors (Lipinski definition) is 9. The van der Waals surface area contributed by atoms with Crippen molar-refractivity contribution >= 4 is 29.6 Å². The zero-order valence-electron chi connectivity index (χ0n) is 18.4. The molecule has 16 nitrogen and oxygen atoms in total. The van der Waals surface area contributed by atoms with Crippen LogP contribution in [0.1, 0.15) is 17.8 Å². The van der Waals surface area contributed by atoms with E-state index in [-0.39, 0.29) is 12.8 Å². The lowest BCUT2D eigenvalue weighted by Crippen LogP contribution is -2.58. The molecule has 2 aromatic heterocycles. The van der Waals surface area contributed by atoms with Gasteiger partial charge in [-0.2, -0.15) is 0 Å². The van der Waals surface area contributed by atoms with Crippen LogP contribution in [0.5, 0.6) is 0 Å². The summed E-state index contributed by atoms with van der Waals surface area (Å²) < 4.78 is 0. The number of aliphatic hydroxyl groups excluding tert-OH is 1. The molecule has 0 aliphatic heterocycles. The Hall–Kier alpha value is -4.31. The van der Waals surface area contributed by atoms with E-state index >= 15 is 0 Å². The fourth-order valence-corrected chi connectivity index (χ4v) is 2.97. The number of primary amides is 1. The topological polar surface area (TPSA) is 271 Å². The van der Waals surface area contributed by atoms with Gasteiger partial charge in [-0.3, -0.25) is 19.2 Å². The third-order valence-corrected chi connectivity index (χ3v) is 4.78. The highest BCUT2D eigenvalue weighted by Gasteiger charge is 2.31. The van der Waals surface area contributed by atoms with Crippen molar-refractivity contribution in [3.8, 4) is 0 Å². The zero-order valence-corrected chi connectivity index (χ0v) is 18.4. The molecule has 0 saturated carbocycles. The molecule has 0 aliphatic rings. The summed E-state index contributed by atoms with van der Waals surface area (Å²) >= 11 is 0. The quantitative estimate of drug-likeness (QED) is 0.122. The van der Waals surface area contributed by atoms with Crippen LogP contribution in [-0.2, 0) is 36.8 Å². The summed E-state index contributed by atoms with van der Waals surface area (Å²) in [5, 5.41) is 26.0. The van der Waals surface area contributed by atoms with Crippen molar-refractivity contribution in [2.45, 2.75) is 43.4 Å². The van der Waals surface area contributed by atoms with Gasteiger partial charge in [0.25, 0.3) is 0 Å². The maximum atomic E-state index is 12.9. The summed E-state index contributed by atoms with van der Waals surface area (Å²) in [6, 6.07) is -5.52. The summed E-state index contributed by atoms with van der Waals surface area (Å²) in [5.41, 5.74) is 11.4. The minimum absolute atomic E-state index is 0.0983. The van der Waals surface area contributed by atoms with Gasteiger partial charge < -0.3 is 47.6 Å². The van der Waals surface area contributed by atoms with Gasteiger partial charge in [0.2, 0.25) is 23.6 Å². The maximum Gasteiger partial charge on any atom is 0.326 e. The van der Waals surface area contributed by atoms with Gasteiger partial charge in [-0.25, -0.2) is 14.8 Å². The molecule has 4 atom stereocenters. The van der Waals surface area contributed by atoms with Crippen molar-refractivity contribution in [2.75, 3.05) is 6.61 Å². The van der Waals surface area contributed by atoms with Crippen LogP contribution >= 0.6 is 0 Å². The number of aromatic amines is 2. The molecular formula is C19H27N9O7. The van der Waals surface area contributed by atoms with E-state index in [1.165, 1.54) is 25.0 Å². The minimum atomic E-state index is -1.52. The molecule has 2 rings (SSSR count). The maximum absolute atomic E-state index is 12.9. The first kappa shape index (κ1) is 26.9. The van der Waals surface area contributed by atoms with Crippen LogP contribution in [-0.4, -0.2) is 90.5 Å². The number of carboxylic acids is 1. The number of imidazole rings is 2. The number of rotatable bonds is 14. The standard InChI is InChI=1S/C19H27N9O7/c20-11(3-15(21)30)16(31)28-14(6-29)18(33)26-12(1-9-4-22-7-24-9)17(32)27-13(19(34)35)2-10-5-23-8-25-10/h4-5,7-8,11-14,29H,1-3,6,20H2,(H2,21,30)(H,22,24)(H,23,25)(H,26,33)(H,27,32)(H,28,31)(H,34,35). The summed E-state index contributed by atoms with van der Waals surface area (Å²) in [5.74, 6) is -4.86. The molecule has 0 aliphatic carbocycles. The van der Waals surface area contributed by atoms with Crippen molar-refractivity contribution in [1.82, 2.24) is 35.9 Å². The molecule has 0 bridgehead atoms. The lowest BCUT2D eigenvalue weighted by Gasteiger charge is -2.24. The smallest absolute Gasteiger partial charge is 0.326 e. The van der Waals surface area contributed by atoms with Crippen molar-refractivity contribution in [1.29, 1.82) is 0 Å². The van der Waals surface area contributed by atoms with Crippen LogP contribution in [0.4, 0.5) is 0 Å². The molecule has 0 spiro atoms. The van der Waals surface area contributed by atoms with Crippen molar-refractivity contribution < 1.29 is 34.2 Å². The Morgan fingerprint density at radius 2 is 1.34 bits per heavy atom. The second kappa shape index (κ2) is 12.8. The number of aliphatic hydroxyl groups is 1. The lowest BCUT2D eigenvalue weighted by molar-refractivity contribution is -0.142. The first-order valence-electron chi connectivity index (χ1n) is 10.3. The van der Waals surface area contributed by atoms with Crippen LogP contribution in [0.2, 0.25) is 0 Å². The molecule has 4 unspecified atom stereocenters. The Balaban J connectivity index is 2.12. The van der Waals surface area contributed by atoms with E-state index in [4.69, 9.17) is 11.5 Å². The first-order chi connectivity index (χ1) is 16.6. The van der Waals surface area contributed by atoms with Crippen LogP contribution < -0.4 is 27.4 Å². The molecule has 0 saturated heterocycles. The molecule has 4 amide bonds. The number of amides is 4. The Kier molecular flexibility index (Phi) is 9.85. The fraction of sp³-hybridized carbons (Fsp3) is 0.421. The first-order valence-corrected chi connectivity index (χ1v) is 10.3. The highest BCUT2D eigenvalue weighted by atomic mass is 16.4. The number of aromatic nitrogens is 4. The number of aliphatic carboxylic acids is 1. The predicted octanol–water partition coefficient (Wildman–Crippen LogP) is -4.35. The number of carboxylic acid groups (broad SMARTS) is 1. The molecule has 2 aromatic rings. The Labute approximate surface area is 198 Å². The highest BCUT2D eigenvalue weighted by molar-refractivity contribution is 5.95. The second-order valence-electron chi connectivity index (χ2n) is 7.54. The van der Waals surface area contributed by atoms with Gasteiger partial charge in [-0.05, 0) is 0 Å². The number of carbonyl (C=O) groups excluding carboxylic acids is 4. The van der Waals surface area contributed by atoms with E-state index in [0.29, 0.717) is 11.4 Å². The summed E-state index contributed by atoms with van der Waals surface area (Å²) in [6.07, 6.45) is 4.82. The third kappa shape index (κ3) is 8.52. The molecule has 11 N–H and O–H groups in total. The third-order valence-electron chi connectivity index (χ3n) is 4.78. The number of nitrogens with zero attached hydrogens (tertiary/aromatic N) is 2. The van der Waals surface area contributed by atoms with Crippen LogP contribution in [0.3, 0.4) is 0 Å². The van der Waals surface area contributed by atoms with E-state index in [1.807, 2.05) is 0 Å². The average Bonchev–Trinajstić information content (AvgIpc) is 3.49. The number of carbonyl (C=O) groups is 5. The van der Waals surface area contributed by atoms with Gasteiger partial charge in [-0.1, -0.05) is 0 Å². The van der Waals surface area contributed by atoms with Gasteiger partial charge in [0.1, 0.15) is 18.1 Å². The molecule has 16 heteroatoms. The molecule has 0 fully saturated rings. The van der Waals surface area contributed by atoms with E-state index in [0.717, 1.165) is 0 Å². The summed E-state index contributed by atoms with van der Waals surface area (Å²) in [6.45, 7) is -0.850. The van der Waals surface area contributed by atoms with Gasteiger partial charge in [-0.15, -0.1) is 0 Å². The summed E-state index contributed by atoms with van der Waals surface area (Å²) in [7, 11) is 0. The molecular weight excluding hydrogens is 466 g/mol. The van der Waals surface area contributed by atoms with Gasteiger partial charge in [0.15, 0.2) is 0 Å². The van der Waals surface area contributed by atoms with Crippen molar-refractivity contribution in [3.63, 3.8) is 0 Å². The monoisotopic (exact) mass is 493 g/mol. The fourth-order valence-electron chi connectivity index (χ4n) is 2.97. The highest BCUT2D eigenvalue weighted by Crippen LogP contribution is 2.04. The average molecular weight is 493 g/mol. The molecule has 35 heavy (non-hydrogen) atoms. The number of hydrogen-bond acceptors (Lipinski definition) is 9. The van der Waals surface area contributed by atoms with Crippen molar-refractivity contribution in [2.24, 2.45) is 11.5 Å². The van der Waals surface area contributed by atoms with Gasteiger partial charge in [0, 0.05) is 36.6 Å². The van der Waals surface area contributed by atoms with E-state index < -0.39 is 66.8 Å². The number of H-pyrrole nitrogens is 2. The normalized spacial score (nSPS) is 14.2. The summed E-state index contributed by atoms with van der Waals surface area (Å²) in [4.78, 5) is 73.5. The Morgan fingerprint density at radius 1 is 0.857 bits per heavy atom. The number of nitrogens with one attached hydrogen (secondary N) is 5. The predicted molar refractivity (Wildman–Crippen MR) is 117 cm³/mol. The van der Waals surface area contributed by atoms with Gasteiger partial charge >= 0.3 is 5.97 Å².